The SMILES string of the molecule is Cc1cccc(-c2noc(C3CCCCN3C(=O)CC(C)C)n2)c1. The van der Waals surface area contributed by atoms with Crippen LogP contribution in [0, 0.1) is 12.8 Å². The number of carbonyl (C=O) groups is 1. The van der Waals surface area contributed by atoms with Crippen LogP contribution in [0.25, 0.3) is 11.4 Å². The lowest BCUT2D eigenvalue weighted by Gasteiger charge is -2.33. The molecule has 0 radical (unpaired) electrons. The molecule has 2 aromatic rings. The standard InChI is InChI=1S/C19H25N3O2/c1-13(2)11-17(23)22-10-5-4-9-16(22)19-20-18(21-24-19)15-8-6-7-14(3)12-15/h6-8,12-13,16H,4-5,9-11H2,1-3H3. The molecule has 3 rings (SSSR count). The zero-order valence-electron chi connectivity index (χ0n) is 14.7. The fourth-order valence-electron chi connectivity index (χ4n) is 3.23. The summed E-state index contributed by atoms with van der Waals surface area (Å²) in [6.45, 7) is 6.95. The maximum atomic E-state index is 12.5. The fraction of sp³-hybridized carbons (Fsp3) is 0.526. The molecule has 0 aliphatic carbocycles. The van der Waals surface area contributed by atoms with Crippen LogP contribution in [-0.4, -0.2) is 27.5 Å². The molecule has 1 amide bonds. The van der Waals surface area contributed by atoms with Crippen LogP contribution in [0.2, 0.25) is 0 Å². The summed E-state index contributed by atoms with van der Waals surface area (Å²) in [5.41, 5.74) is 2.10. The van der Waals surface area contributed by atoms with Crippen molar-refractivity contribution in [2.24, 2.45) is 5.92 Å². The molecule has 1 aromatic carbocycles. The van der Waals surface area contributed by atoms with E-state index in [0.29, 0.717) is 24.1 Å². The van der Waals surface area contributed by atoms with Gasteiger partial charge in [-0.15, -0.1) is 0 Å². The summed E-state index contributed by atoms with van der Waals surface area (Å²) >= 11 is 0. The van der Waals surface area contributed by atoms with Crippen molar-refractivity contribution in [2.75, 3.05) is 6.54 Å². The number of aromatic nitrogens is 2. The smallest absolute Gasteiger partial charge is 0.249 e. The Morgan fingerprint density at radius 1 is 1.38 bits per heavy atom. The monoisotopic (exact) mass is 327 g/mol. The van der Waals surface area contributed by atoms with Gasteiger partial charge < -0.3 is 9.42 Å². The second kappa shape index (κ2) is 7.16. The highest BCUT2D eigenvalue weighted by Crippen LogP contribution is 2.32. The van der Waals surface area contributed by atoms with Crippen LogP contribution >= 0.6 is 0 Å². The highest BCUT2D eigenvalue weighted by Gasteiger charge is 2.32. The molecule has 1 aromatic heterocycles. The van der Waals surface area contributed by atoms with Crippen LogP contribution in [0.15, 0.2) is 28.8 Å². The van der Waals surface area contributed by atoms with Crippen LogP contribution in [0.1, 0.15) is 57.0 Å². The van der Waals surface area contributed by atoms with Crippen molar-refractivity contribution >= 4 is 5.91 Å². The van der Waals surface area contributed by atoms with Crippen LogP contribution < -0.4 is 0 Å². The first-order valence-electron chi connectivity index (χ1n) is 8.74. The Balaban J connectivity index is 1.83. The van der Waals surface area contributed by atoms with Crippen LogP contribution in [-0.2, 0) is 4.79 Å². The zero-order chi connectivity index (χ0) is 17.1. The maximum Gasteiger partial charge on any atom is 0.249 e. The van der Waals surface area contributed by atoms with Gasteiger partial charge in [-0.3, -0.25) is 4.79 Å². The number of hydrogen-bond acceptors (Lipinski definition) is 4. The Bertz CT molecular complexity index is 708. The Labute approximate surface area is 143 Å². The minimum Gasteiger partial charge on any atom is -0.337 e. The van der Waals surface area contributed by atoms with Crippen molar-refractivity contribution in [3.63, 3.8) is 0 Å². The number of amides is 1. The van der Waals surface area contributed by atoms with E-state index >= 15 is 0 Å². The summed E-state index contributed by atoms with van der Waals surface area (Å²) in [5.74, 6) is 1.69. The number of hydrogen-bond donors (Lipinski definition) is 0. The molecule has 2 heterocycles. The van der Waals surface area contributed by atoms with E-state index < -0.39 is 0 Å². The number of benzene rings is 1. The van der Waals surface area contributed by atoms with Crippen LogP contribution in [0.4, 0.5) is 0 Å². The zero-order valence-corrected chi connectivity index (χ0v) is 14.7. The van der Waals surface area contributed by atoms with Gasteiger partial charge in [0.15, 0.2) is 0 Å². The molecule has 1 aliphatic rings. The van der Waals surface area contributed by atoms with Crippen molar-refractivity contribution < 1.29 is 9.32 Å². The Morgan fingerprint density at radius 2 is 2.21 bits per heavy atom. The molecule has 1 fully saturated rings. The van der Waals surface area contributed by atoms with Crippen molar-refractivity contribution in [3.8, 4) is 11.4 Å². The third kappa shape index (κ3) is 3.66. The summed E-state index contributed by atoms with van der Waals surface area (Å²) in [6.07, 6.45) is 3.58. The van der Waals surface area contributed by atoms with Gasteiger partial charge in [0.25, 0.3) is 0 Å². The predicted molar refractivity (Wildman–Crippen MR) is 92.2 cm³/mol. The molecule has 0 saturated carbocycles. The maximum absolute atomic E-state index is 12.5. The molecule has 5 nitrogen and oxygen atoms in total. The largest absolute Gasteiger partial charge is 0.337 e. The van der Waals surface area contributed by atoms with E-state index in [-0.39, 0.29) is 11.9 Å². The molecule has 1 saturated heterocycles. The van der Waals surface area contributed by atoms with Gasteiger partial charge in [-0.2, -0.15) is 4.98 Å². The van der Waals surface area contributed by atoms with Gasteiger partial charge in [-0.25, -0.2) is 0 Å². The van der Waals surface area contributed by atoms with E-state index in [4.69, 9.17) is 4.52 Å². The lowest BCUT2D eigenvalue weighted by atomic mass is 10.00. The number of rotatable bonds is 4. The summed E-state index contributed by atoms with van der Waals surface area (Å²) in [6, 6.07) is 7.95. The molecule has 0 bridgehead atoms. The molecular formula is C19H25N3O2. The predicted octanol–water partition coefficient (Wildman–Crippen LogP) is 4.14. The minimum absolute atomic E-state index is 0.0870. The third-order valence-corrected chi connectivity index (χ3v) is 4.41. The van der Waals surface area contributed by atoms with Crippen molar-refractivity contribution in [2.45, 2.75) is 52.5 Å². The molecule has 1 unspecified atom stereocenters. The van der Waals surface area contributed by atoms with Crippen LogP contribution in [0.3, 0.4) is 0 Å². The quantitative estimate of drug-likeness (QED) is 0.846. The molecule has 1 aliphatic heterocycles. The third-order valence-electron chi connectivity index (χ3n) is 4.41. The Morgan fingerprint density at radius 3 is 2.96 bits per heavy atom. The fourth-order valence-corrected chi connectivity index (χ4v) is 3.23. The van der Waals surface area contributed by atoms with Gasteiger partial charge in [-0.05, 0) is 38.2 Å². The molecule has 0 N–H and O–H groups in total. The summed E-state index contributed by atoms with van der Waals surface area (Å²) in [7, 11) is 0. The number of likely N-dealkylation sites (tertiary alicyclic amines) is 1. The van der Waals surface area contributed by atoms with Gasteiger partial charge in [0.1, 0.15) is 6.04 Å². The summed E-state index contributed by atoms with van der Waals surface area (Å²) < 4.78 is 5.53. The van der Waals surface area contributed by atoms with Crippen LogP contribution in [0.5, 0.6) is 0 Å². The van der Waals surface area contributed by atoms with Crippen molar-refractivity contribution in [1.82, 2.24) is 15.0 Å². The average Bonchev–Trinajstić information content (AvgIpc) is 3.04. The molecule has 1 atom stereocenters. The average molecular weight is 327 g/mol. The lowest BCUT2D eigenvalue weighted by Crippen LogP contribution is -2.39. The molecule has 5 heteroatoms. The van der Waals surface area contributed by atoms with Crippen molar-refractivity contribution in [3.05, 3.63) is 35.7 Å². The van der Waals surface area contributed by atoms with E-state index in [1.807, 2.05) is 36.1 Å². The Kier molecular flexibility index (Phi) is 4.97. The second-order valence-electron chi connectivity index (χ2n) is 7.02. The van der Waals surface area contributed by atoms with E-state index in [1.165, 1.54) is 0 Å². The Hall–Kier alpha value is -2.17. The summed E-state index contributed by atoms with van der Waals surface area (Å²) in [4.78, 5) is 19.1. The lowest BCUT2D eigenvalue weighted by molar-refractivity contribution is -0.136. The van der Waals surface area contributed by atoms with Gasteiger partial charge in [-0.1, -0.05) is 42.8 Å². The van der Waals surface area contributed by atoms with Gasteiger partial charge in [0.05, 0.1) is 0 Å². The number of carbonyl (C=O) groups excluding carboxylic acids is 1. The first kappa shape index (κ1) is 16.7. The minimum atomic E-state index is -0.0870. The first-order valence-corrected chi connectivity index (χ1v) is 8.74. The number of nitrogens with zero attached hydrogens (tertiary/aromatic N) is 3. The second-order valence-corrected chi connectivity index (χ2v) is 7.02. The van der Waals surface area contributed by atoms with E-state index in [9.17, 15) is 4.79 Å². The molecule has 0 spiro atoms. The topological polar surface area (TPSA) is 59.2 Å². The summed E-state index contributed by atoms with van der Waals surface area (Å²) in [5, 5.41) is 4.13. The first-order chi connectivity index (χ1) is 11.5. The molecular weight excluding hydrogens is 302 g/mol. The van der Waals surface area contributed by atoms with E-state index in [0.717, 1.165) is 36.9 Å². The molecule has 24 heavy (non-hydrogen) atoms. The van der Waals surface area contributed by atoms with E-state index in [2.05, 4.69) is 24.0 Å². The normalized spacial score (nSPS) is 18.2. The highest BCUT2D eigenvalue weighted by molar-refractivity contribution is 5.77. The van der Waals surface area contributed by atoms with Gasteiger partial charge >= 0.3 is 0 Å². The number of aryl methyl sites for hydroxylation is 1. The van der Waals surface area contributed by atoms with Crippen molar-refractivity contribution in [1.29, 1.82) is 0 Å². The van der Waals surface area contributed by atoms with Gasteiger partial charge in [0.2, 0.25) is 17.6 Å². The van der Waals surface area contributed by atoms with E-state index in [1.54, 1.807) is 0 Å². The highest BCUT2D eigenvalue weighted by atomic mass is 16.5. The molecule has 128 valence electrons. The number of piperidine rings is 1. The van der Waals surface area contributed by atoms with Gasteiger partial charge in [0, 0.05) is 18.5 Å².